The molecule has 64 heavy (non-hydrogen) atoms. The van der Waals surface area contributed by atoms with Crippen LogP contribution in [0.15, 0.2) is 176 Å². The monoisotopic (exact) mass is 862 g/mol. The number of azo groups is 3. The minimum atomic E-state index is 0.684. The van der Waals surface area contributed by atoms with Gasteiger partial charge < -0.3 is 28.4 Å². The van der Waals surface area contributed by atoms with E-state index in [-0.39, 0.29) is 0 Å². The average Bonchev–Trinajstić information content (AvgIpc) is 3.35. The molecule has 0 unspecified atom stereocenters. The van der Waals surface area contributed by atoms with Crippen molar-refractivity contribution in [2.24, 2.45) is 30.7 Å². The molecule has 0 spiro atoms. The highest BCUT2D eigenvalue weighted by Gasteiger charge is 2.02. The summed E-state index contributed by atoms with van der Waals surface area (Å²) < 4.78 is 34.1. The molecular weight excluding hydrogens is 805 g/mol. The van der Waals surface area contributed by atoms with Crippen molar-refractivity contribution in [2.45, 2.75) is 64.2 Å². The minimum absolute atomic E-state index is 0.684. The lowest BCUT2D eigenvalue weighted by atomic mass is 10.1. The molecule has 0 aromatic heterocycles. The lowest BCUT2D eigenvalue weighted by molar-refractivity contribution is 0.293. The van der Waals surface area contributed by atoms with E-state index in [9.17, 15) is 0 Å². The molecular formula is C52H58N6O6. The van der Waals surface area contributed by atoms with Gasteiger partial charge in [0.15, 0.2) is 0 Å². The average molecular weight is 863 g/mol. The number of unbranched alkanes of at least 4 members (excludes halogenated alkanes) is 8. The minimum Gasteiger partial charge on any atom is -0.497 e. The quantitative estimate of drug-likeness (QED) is 0.0357. The molecule has 0 fully saturated rings. The van der Waals surface area contributed by atoms with Gasteiger partial charge in [-0.15, -0.1) is 0 Å². The zero-order chi connectivity index (χ0) is 44.3. The van der Waals surface area contributed by atoms with Crippen molar-refractivity contribution in [3.8, 4) is 34.5 Å². The summed E-state index contributed by atoms with van der Waals surface area (Å²) in [5, 5.41) is 25.9. The summed E-state index contributed by atoms with van der Waals surface area (Å²) in [6, 6.07) is 45.7. The molecule has 6 rings (SSSR count). The summed E-state index contributed by atoms with van der Waals surface area (Å²) in [5.41, 5.74) is 4.63. The van der Waals surface area contributed by atoms with Gasteiger partial charge in [0.2, 0.25) is 0 Å². The van der Waals surface area contributed by atoms with E-state index in [1.807, 2.05) is 146 Å². The predicted octanol–water partition coefficient (Wildman–Crippen LogP) is 15.8. The second kappa shape index (κ2) is 27.1. The van der Waals surface area contributed by atoms with Crippen LogP contribution in [0, 0.1) is 0 Å². The Morgan fingerprint density at radius 3 is 0.594 bits per heavy atom. The number of ether oxygens (including phenoxy) is 6. The van der Waals surface area contributed by atoms with Gasteiger partial charge in [-0.25, -0.2) is 0 Å². The molecule has 0 heterocycles. The van der Waals surface area contributed by atoms with E-state index in [1.165, 1.54) is 0 Å². The molecule has 0 N–H and O–H groups in total. The lowest BCUT2D eigenvalue weighted by Gasteiger charge is -2.08. The zero-order valence-corrected chi connectivity index (χ0v) is 36.9. The van der Waals surface area contributed by atoms with E-state index >= 15 is 0 Å². The van der Waals surface area contributed by atoms with Gasteiger partial charge in [0.25, 0.3) is 0 Å². The van der Waals surface area contributed by atoms with Gasteiger partial charge in [0.05, 0.1) is 74.8 Å². The van der Waals surface area contributed by atoms with Gasteiger partial charge >= 0.3 is 0 Å². The van der Waals surface area contributed by atoms with Crippen LogP contribution < -0.4 is 28.4 Å². The van der Waals surface area contributed by atoms with Crippen molar-refractivity contribution in [2.75, 3.05) is 40.6 Å². The first-order valence-corrected chi connectivity index (χ1v) is 22.1. The standard InChI is InChI=1S/C52H58N6O6/c1-59-47-25-13-41(14-26-47)53-55-43-17-29-49(30-18-43)61-37-9-5-3-7-11-39-63-51-33-21-45(22-34-51)57-58-46-23-35-52(36-24-46)64-40-12-8-4-6-10-38-62-50-31-19-44(20-32-50)56-54-42-15-27-48(60-2)28-16-42/h13-36H,3-12,37-40H2,1-2H3. The predicted molar refractivity (Wildman–Crippen MR) is 252 cm³/mol. The highest BCUT2D eigenvalue weighted by atomic mass is 16.5. The maximum absolute atomic E-state index is 5.95. The second-order valence-corrected chi connectivity index (χ2v) is 14.9. The first kappa shape index (κ1) is 46.4. The Kier molecular flexibility index (Phi) is 19.6. The fraction of sp³-hybridized carbons (Fsp3) is 0.308. The van der Waals surface area contributed by atoms with E-state index in [0.717, 1.165) is 133 Å². The van der Waals surface area contributed by atoms with E-state index in [2.05, 4.69) is 30.7 Å². The zero-order valence-electron chi connectivity index (χ0n) is 36.9. The Labute approximate surface area is 377 Å². The molecule has 0 aliphatic heterocycles. The Morgan fingerprint density at radius 2 is 0.406 bits per heavy atom. The van der Waals surface area contributed by atoms with E-state index in [4.69, 9.17) is 28.4 Å². The van der Waals surface area contributed by atoms with Crippen LogP contribution >= 0.6 is 0 Å². The van der Waals surface area contributed by atoms with Crippen molar-refractivity contribution in [3.05, 3.63) is 146 Å². The Bertz CT molecular complexity index is 2120. The van der Waals surface area contributed by atoms with E-state index in [0.29, 0.717) is 26.4 Å². The fourth-order valence-corrected chi connectivity index (χ4v) is 6.31. The molecule has 0 amide bonds. The normalized spacial score (nSPS) is 11.3. The number of nitrogens with zero attached hydrogens (tertiary/aromatic N) is 6. The largest absolute Gasteiger partial charge is 0.497 e. The molecule has 0 aliphatic rings. The smallest absolute Gasteiger partial charge is 0.119 e. The van der Waals surface area contributed by atoms with Gasteiger partial charge in [-0.05, 0) is 171 Å². The van der Waals surface area contributed by atoms with Crippen LogP contribution in [0.4, 0.5) is 34.1 Å². The summed E-state index contributed by atoms with van der Waals surface area (Å²) in [5.74, 6) is 4.93. The molecule has 6 aromatic carbocycles. The number of methoxy groups -OCH3 is 2. The summed E-state index contributed by atoms with van der Waals surface area (Å²) in [6.07, 6.45) is 10.8. The number of benzene rings is 6. The topological polar surface area (TPSA) is 130 Å². The third kappa shape index (κ3) is 17.4. The Hall–Kier alpha value is -7.08. The summed E-state index contributed by atoms with van der Waals surface area (Å²) in [7, 11) is 3.28. The fourth-order valence-electron chi connectivity index (χ4n) is 6.31. The molecule has 0 saturated heterocycles. The Balaban J connectivity index is 0.736. The van der Waals surface area contributed by atoms with Gasteiger partial charge in [0, 0.05) is 0 Å². The van der Waals surface area contributed by atoms with Crippen LogP contribution in [0.3, 0.4) is 0 Å². The van der Waals surface area contributed by atoms with Crippen LogP contribution in [0.25, 0.3) is 0 Å². The highest BCUT2D eigenvalue weighted by Crippen LogP contribution is 2.27. The molecule has 0 saturated carbocycles. The number of rotatable bonds is 28. The summed E-state index contributed by atoms with van der Waals surface area (Å²) in [6.45, 7) is 2.75. The molecule has 12 nitrogen and oxygen atoms in total. The van der Waals surface area contributed by atoms with Gasteiger partial charge in [-0.2, -0.15) is 30.7 Å². The molecule has 0 bridgehead atoms. The van der Waals surface area contributed by atoms with Crippen LogP contribution in [0.1, 0.15) is 64.2 Å². The van der Waals surface area contributed by atoms with Crippen LogP contribution in [-0.2, 0) is 0 Å². The van der Waals surface area contributed by atoms with Gasteiger partial charge in [-0.3, -0.25) is 0 Å². The van der Waals surface area contributed by atoms with Crippen LogP contribution in [0.5, 0.6) is 34.5 Å². The van der Waals surface area contributed by atoms with Crippen molar-refractivity contribution in [1.82, 2.24) is 0 Å². The van der Waals surface area contributed by atoms with E-state index in [1.54, 1.807) is 14.2 Å². The number of hydrogen-bond donors (Lipinski definition) is 0. The summed E-state index contributed by atoms with van der Waals surface area (Å²) >= 11 is 0. The third-order valence-corrected chi connectivity index (χ3v) is 9.99. The molecule has 0 aliphatic carbocycles. The highest BCUT2D eigenvalue weighted by molar-refractivity contribution is 5.47. The molecule has 0 radical (unpaired) electrons. The molecule has 6 aromatic rings. The van der Waals surface area contributed by atoms with E-state index < -0.39 is 0 Å². The van der Waals surface area contributed by atoms with Crippen LogP contribution in [-0.4, -0.2) is 40.6 Å². The molecule has 12 heteroatoms. The molecule has 332 valence electrons. The van der Waals surface area contributed by atoms with Crippen molar-refractivity contribution in [1.29, 1.82) is 0 Å². The lowest BCUT2D eigenvalue weighted by Crippen LogP contribution is -1.99. The van der Waals surface area contributed by atoms with Crippen LogP contribution in [0.2, 0.25) is 0 Å². The number of hydrogen-bond acceptors (Lipinski definition) is 12. The van der Waals surface area contributed by atoms with Gasteiger partial charge in [-0.1, -0.05) is 38.5 Å². The Morgan fingerprint density at radius 1 is 0.234 bits per heavy atom. The second-order valence-electron chi connectivity index (χ2n) is 14.9. The maximum Gasteiger partial charge on any atom is 0.119 e. The van der Waals surface area contributed by atoms with Crippen molar-refractivity contribution in [3.63, 3.8) is 0 Å². The summed E-state index contributed by atoms with van der Waals surface area (Å²) in [4.78, 5) is 0. The van der Waals surface area contributed by atoms with Crippen molar-refractivity contribution >= 4 is 34.1 Å². The first-order chi connectivity index (χ1) is 31.6. The third-order valence-electron chi connectivity index (χ3n) is 9.99. The first-order valence-electron chi connectivity index (χ1n) is 22.1. The van der Waals surface area contributed by atoms with Crippen molar-refractivity contribution < 1.29 is 28.4 Å². The van der Waals surface area contributed by atoms with Gasteiger partial charge in [0.1, 0.15) is 34.5 Å². The SMILES string of the molecule is COc1ccc(N=Nc2ccc(OCCCCCCCOc3ccc(N=Nc4ccc(OCCCCCCCOc5ccc(N=Nc6ccc(OC)cc6)cc5)cc4)cc3)cc2)cc1. The molecule has 0 atom stereocenters. The maximum atomic E-state index is 5.95.